The maximum Gasteiger partial charge on any atom is 0.155 e. The van der Waals surface area contributed by atoms with Crippen LogP contribution in [0.15, 0.2) is 36.4 Å². The number of allylic oxidation sites excluding steroid dienone is 2. The molecule has 26 heavy (non-hydrogen) atoms. The third kappa shape index (κ3) is 10.1. The highest BCUT2D eigenvalue weighted by Crippen LogP contribution is 2.14. The van der Waals surface area contributed by atoms with Crippen LogP contribution in [0, 0.1) is 11.8 Å². The van der Waals surface area contributed by atoms with E-state index >= 15 is 0 Å². The summed E-state index contributed by atoms with van der Waals surface area (Å²) in [6.07, 6.45) is 5.28. The number of ketones is 2. The molecular weight excluding hydrogens is 328 g/mol. The first kappa shape index (κ1) is 22.1. The maximum atomic E-state index is 11.7. The molecule has 0 fully saturated rings. The topological polar surface area (TPSA) is 52.6 Å². The molecule has 0 aliphatic rings. The molecule has 1 rings (SSSR count). The monoisotopic (exact) mass is 360 g/mol. The Labute approximate surface area is 157 Å². The quantitative estimate of drug-likeness (QED) is 0.386. The van der Waals surface area contributed by atoms with Gasteiger partial charge in [0.15, 0.2) is 5.78 Å². The molecular formula is C22H32O4. The number of carbonyl (C=O) groups is 2. The van der Waals surface area contributed by atoms with E-state index in [4.69, 9.17) is 9.47 Å². The lowest BCUT2D eigenvalue weighted by atomic mass is 10.0. The van der Waals surface area contributed by atoms with Crippen LogP contribution in [0.1, 0.15) is 46.1 Å². The van der Waals surface area contributed by atoms with Crippen LogP contribution in [0.25, 0.3) is 0 Å². The average molecular weight is 360 g/mol. The van der Waals surface area contributed by atoms with E-state index in [9.17, 15) is 9.59 Å². The number of hydrogen-bond acceptors (Lipinski definition) is 4. The standard InChI is InChI=1S/C22H32O4/c1-17(2)7-10-20(23)6-5-13-25-14-15-26-21-11-8-19(9-12-21)16-22(24)18(3)4/h7-12,17-18H,5-6,13-16H2,1-4H3/b10-7+. The summed E-state index contributed by atoms with van der Waals surface area (Å²) in [6.45, 7) is 9.43. The Hall–Kier alpha value is -1.94. The molecule has 0 aliphatic carbocycles. The van der Waals surface area contributed by atoms with Crippen LogP contribution < -0.4 is 4.74 Å². The normalized spacial score (nSPS) is 11.5. The van der Waals surface area contributed by atoms with Crippen molar-refractivity contribution in [3.63, 3.8) is 0 Å². The SMILES string of the molecule is CC(C)/C=C/C(=O)CCCOCCOc1ccc(CC(=O)C(C)C)cc1. The minimum atomic E-state index is 0.0598. The highest BCUT2D eigenvalue weighted by molar-refractivity contribution is 5.89. The Kier molecular flexibility index (Phi) is 10.6. The molecule has 1 aromatic carbocycles. The van der Waals surface area contributed by atoms with Gasteiger partial charge in [-0.2, -0.15) is 0 Å². The van der Waals surface area contributed by atoms with E-state index in [0.717, 1.165) is 17.7 Å². The van der Waals surface area contributed by atoms with Crippen LogP contribution in [-0.4, -0.2) is 31.4 Å². The fourth-order valence-electron chi connectivity index (χ4n) is 2.16. The van der Waals surface area contributed by atoms with E-state index in [1.807, 2.05) is 58.0 Å². The zero-order chi connectivity index (χ0) is 19.4. The Morgan fingerprint density at radius 2 is 1.69 bits per heavy atom. The average Bonchev–Trinajstić information content (AvgIpc) is 2.60. The summed E-state index contributed by atoms with van der Waals surface area (Å²) in [7, 11) is 0. The van der Waals surface area contributed by atoms with Gasteiger partial charge in [0, 0.05) is 25.4 Å². The van der Waals surface area contributed by atoms with Crippen LogP contribution in [0.5, 0.6) is 5.75 Å². The maximum absolute atomic E-state index is 11.7. The first-order valence-electron chi connectivity index (χ1n) is 9.41. The van der Waals surface area contributed by atoms with Crippen molar-refractivity contribution in [1.29, 1.82) is 0 Å². The van der Waals surface area contributed by atoms with E-state index in [1.54, 1.807) is 6.08 Å². The van der Waals surface area contributed by atoms with Gasteiger partial charge in [-0.25, -0.2) is 0 Å². The summed E-state index contributed by atoms with van der Waals surface area (Å²) in [5.41, 5.74) is 1.00. The Morgan fingerprint density at radius 1 is 1.00 bits per heavy atom. The summed E-state index contributed by atoms with van der Waals surface area (Å²) >= 11 is 0. The van der Waals surface area contributed by atoms with Crippen LogP contribution in [0.4, 0.5) is 0 Å². The molecule has 0 saturated heterocycles. The van der Waals surface area contributed by atoms with Crippen molar-refractivity contribution in [3.05, 3.63) is 42.0 Å². The lowest BCUT2D eigenvalue weighted by molar-refractivity contribution is -0.121. The molecule has 4 heteroatoms. The van der Waals surface area contributed by atoms with Crippen molar-refractivity contribution in [1.82, 2.24) is 0 Å². The van der Waals surface area contributed by atoms with Gasteiger partial charge in [-0.1, -0.05) is 45.9 Å². The summed E-state index contributed by atoms with van der Waals surface area (Å²) < 4.78 is 11.1. The third-order valence-corrected chi connectivity index (χ3v) is 3.82. The van der Waals surface area contributed by atoms with Crippen molar-refractivity contribution < 1.29 is 19.1 Å². The second-order valence-corrected chi connectivity index (χ2v) is 7.08. The van der Waals surface area contributed by atoms with Crippen molar-refractivity contribution in [2.45, 2.75) is 47.0 Å². The second-order valence-electron chi connectivity index (χ2n) is 7.08. The van der Waals surface area contributed by atoms with E-state index in [-0.39, 0.29) is 17.5 Å². The zero-order valence-corrected chi connectivity index (χ0v) is 16.5. The minimum Gasteiger partial charge on any atom is -0.491 e. The van der Waals surface area contributed by atoms with E-state index in [0.29, 0.717) is 38.6 Å². The number of hydrogen-bond donors (Lipinski definition) is 0. The number of Topliss-reactive ketones (excluding diaryl/α,β-unsaturated/α-hetero) is 1. The van der Waals surface area contributed by atoms with Gasteiger partial charge in [-0.15, -0.1) is 0 Å². The molecule has 0 aromatic heterocycles. The summed E-state index contributed by atoms with van der Waals surface area (Å²) in [5, 5.41) is 0. The summed E-state index contributed by atoms with van der Waals surface area (Å²) in [6, 6.07) is 7.60. The molecule has 0 saturated carbocycles. The highest BCUT2D eigenvalue weighted by Gasteiger charge is 2.08. The molecule has 0 N–H and O–H groups in total. The lowest BCUT2D eigenvalue weighted by Crippen LogP contribution is -2.10. The van der Waals surface area contributed by atoms with Gasteiger partial charge >= 0.3 is 0 Å². The first-order valence-corrected chi connectivity index (χ1v) is 9.41. The van der Waals surface area contributed by atoms with Crippen molar-refractivity contribution in [2.75, 3.05) is 19.8 Å². The van der Waals surface area contributed by atoms with Gasteiger partial charge in [0.05, 0.1) is 6.61 Å². The van der Waals surface area contributed by atoms with Gasteiger partial charge in [-0.05, 0) is 36.1 Å². The predicted molar refractivity (Wildman–Crippen MR) is 105 cm³/mol. The predicted octanol–water partition coefficient (Wildman–Crippen LogP) is 4.41. The molecule has 0 aliphatic heterocycles. The summed E-state index contributed by atoms with van der Waals surface area (Å²) in [5.74, 6) is 1.62. The van der Waals surface area contributed by atoms with Gasteiger partial charge in [-0.3, -0.25) is 9.59 Å². The number of carbonyl (C=O) groups excluding carboxylic acids is 2. The van der Waals surface area contributed by atoms with Gasteiger partial charge in [0.25, 0.3) is 0 Å². The van der Waals surface area contributed by atoms with Crippen molar-refractivity contribution >= 4 is 11.6 Å². The van der Waals surface area contributed by atoms with Crippen LogP contribution in [0.3, 0.4) is 0 Å². The van der Waals surface area contributed by atoms with Crippen LogP contribution >= 0.6 is 0 Å². The smallest absolute Gasteiger partial charge is 0.155 e. The van der Waals surface area contributed by atoms with Crippen molar-refractivity contribution in [3.8, 4) is 5.75 Å². The molecule has 0 bridgehead atoms. The fraction of sp³-hybridized carbons (Fsp3) is 0.545. The minimum absolute atomic E-state index is 0.0598. The number of ether oxygens (including phenoxy) is 2. The van der Waals surface area contributed by atoms with E-state index in [2.05, 4.69) is 0 Å². The van der Waals surface area contributed by atoms with Crippen LogP contribution in [0.2, 0.25) is 0 Å². The molecule has 0 atom stereocenters. The fourth-order valence-corrected chi connectivity index (χ4v) is 2.16. The molecule has 0 heterocycles. The van der Waals surface area contributed by atoms with Gasteiger partial charge in [0.1, 0.15) is 18.1 Å². The van der Waals surface area contributed by atoms with Gasteiger partial charge < -0.3 is 9.47 Å². The molecule has 0 unspecified atom stereocenters. The molecule has 1 aromatic rings. The zero-order valence-electron chi connectivity index (χ0n) is 16.5. The summed E-state index contributed by atoms with van der Waals surface area (Å²) in [4.78, 5) is 23.3. The number of rotatable bonds is 13. The Morgan fingerprint density at radius 3 is 2.31 bits per heavy atom. The molecule has 0 spiro atoms. The Balaban J connectivity index is 2.13. The van der Waals surface area contributed by atoms with Crippen LogP contribution in [-0.2, 0) is 20.7 Å². The third-order valence-electron chi connectivity index (χ3n) is 3.82. The largest absolute Gasteiger partial charge is 0.491 e. The second kappa shape index (κ2) is 12.4. The first-order chi connectivity index (χ1) is 12.4. The molecule has 4 nitrogen and oxygen atoms in total. The number of benzene rings is 1. The molecule has 0 amide bonds. The Bertz CT molecular complexity index is 570. The lowest BCUT2D eigenvalue weighted by Gasteiger charge is -2.08. The van der Waals surface area contributed by atoms with Gasteiger partial charge in [0.2, 0.25) is 0 Å². The highest BCUT2D eigenvalue weighted by atomic mass is 16.5. The van der Waals surface area contributed by atoms with E-state index < -0.39 is 0 Å². The molecule has 144 valence electrons. The van der Waals surface area contributed by atoms with Crippen molar-refractivity contribution in [2.24, 2.45) is 11.8 Å². The molecule has 0 radical (unpaired) electrons. The van der Waals surface area contributed by atoms with E-state index in [1.165, 1.54) is 0 Å².